The molecule has 0 aliphatic heterocycles. The first-order valence-corrected chi connectivity index (χ1v) is 38.5. The fraction of sp³-hybridized carbons (Fsp3) is 0.207. The molecule has 4 aromatic heterocycles. The summed E-state index contributed by atoms with van der Waals surface area (Å²) in [4.78, 5) is 107. The minimum Gasteiger partial charge on any atom is -0.482 e. The molecule has 8 aromatic carbocycles. The number of rotatable bonds is 24. The van der Waals surface area contributed by atoms with Crippen LogP contribution in [0.1, 0.15) is 143 Å². The number of carbonyl (C=O) groups excluding carboxylic acids is 5. The molecule has 13 rings (SSSR count). The van der Waals surface area contributed by atoms with Crippen LogP contribution in [0, 0.1) is 5.92 Å². The van der Waals surface area contributed by atoms with Crippen LogP contribution in [0.4, 0.5) is 13.2 Å². The Balaban J connectivity index is 0.000000200. The van der Waals surface area contributed by atoms with Crippen molar-refractivity contribution in [1.29, 1.82) is 0 Å². The van der Waals surface area contributed by atoms with E-state index in [-0.39, 0.29) is 130 Å². The van der Waals surface area contributed by atoms with Gasteiger partial charge in [-0.25, -0.2) is 19.2 Å². The number of hydrogen-bond acceptors (Lipinski definition) is 13. The largest absolute Gasteiger partial charge is 0.482 e. The average Bonchev–Trinajstić information content (AvgIpc) is 1.53. The number of carboxylic acids is 4. The molecule has 39 heteroatoms. The highest BCUT2D eigenvalue weighted by Gasteiger charge is 2.43. The summed E-state index contributed by atoms with van der Waals surface area (Å²) in [7, 11) is 6.70. The molecule has 121 heavy (non-hydrogen) atoms. The summed E-state index contributed by atoms with van der Waals surface area (Å²) >= 11 is 49.4. The Labute approximate surface area is 740 Å². The van der Waals surface area contributed by atoms with E-state index in [2.05, 4.69) is 21.3 Å². The summed E-state index contributed by atoms with van der Waals surface area (Å²) in [5.41, 5.74) is 5.65. The second kappa shape index (κ2) is 41.5. The fourth-order valence-electron chi connectivity index (χ4n) is 12.8. The summed E-state index contributed by atoms with van der Waals surface area (Å²) in [6, 6.07) is 36.6. The highest BCUT2D eigenvalue weighted by molar-refractivity contribution is 7.59. The van der Waals surface area contributed by atoms with Crippen LogP contribution in [-0.4, -0.2) is 147 Å². The van der Waals surface area contributed by atoms with E-state index >= 15 is 0 Å². The van der Waals surface area contributed by atoms with Gasteiger partial charge in [0.15, 0.2) is 12.6 Å². The number of alkyl halides is 3. The van der Waals surface area contributed by atoms with Gasteiger partial charge in [-0.05, 0) is 150 Å². The maximum absolute atomic E-state index is 13.6. The van der Waals surface area contributed by atoms with Crippen LogP contribution >= 0.6 is 120 Å². The summed E-state index contributed by atoms with van der Waals surface area (Å²) in [5, 5.41) is 81.8. The quantitative estimate of drug-likeness (QED) is 0.0267. The van der Waals surface area contributed by atoms with Crippen LogP contribution in [0.2, 0.25) is 40.2 Å². The Bertz CT molecular complexity index is 5930. The van der Waals surface area contributed by atoms with Crippen molar-refractivity contribution in [2.45, 2.75) is 43.2 Å². The van der Waals surface area contributed by atoms with Gasteiger partial charge in [0.2, 0.25) is 0 Å². The SMILES string of the molecule is Cn1c(C(=O)NC(c2ccc(C(=O)O)cc2)C(F)(F)F)cc2c(Cl)c(Cl)ccc21.Cn1c(C(=O)NC(c2ccc(C(=O)O)cc2)C2CC2)cc2c(Cl)c(Cl)ccc21.Cn1c(C(=O)N[C@H](CO)c2ccc(C(=O)O)cc2)cc2c(Cl)c(Cl)c(OCC(=O)NCCO)cc21.Cn1c(C(=O)N[C@H](CO)c2ccc(C(=O)O)cc2)cc2c(Cl)c(Cl)ccc21.S.S. The lowest BCUT2D eigenvalue weighted by atomic mass is 10.0. The molecule has 1 aliphatic carbocycles. The van der Waals surface area contributed by atoms with Crippen molar-refractivity contribution in [3.05, 3.63) is 271 Å². The number of nitrogens with zero attached hydrogens (tertiary/aromatic N) is 4. The molecule has 0 saturated heterocycles. The zero-order valence-corrected chi connectivity index (χ0v) is 71.6. The average molecular weight is 1860 g/mol. The van der Waals surface area contributed by atoms with Gasteiger partial charge in [-0.1, -0.05) is 141 Å². The number of fused-ring (bicyclic) bond motifs is 4. The van der Waals surface area contributed by atoms with Crippen molar-refractivity contribution in [3.8, 4) is 5.75 Å². The van der Waals surface area contributed by atoms with E-state index in [1.54, 1.807) is 113 Å². The first-order chi connectivity index (χ1) is 56.4. The molecule has 1 aliphatic rings. The molecule has 12 N–H and O–H groups in total. The number of carboxylic acid groups (broad SMARTS) is 4. The van der Waals surface area contributed by atoms with Gasteiger partial charge in [-0.15, -0.1) is 0 Å². The summed E-state index contributed by atoms with van der Waals surface area (Å²) in [5.74, 6) is -6.41. The van der Waals surface area contributed by atoms with Crippen LogP contribution in [-0.2, 0) is 33.0 Å². The zero-order valence-electron chi connectivity index (χ0n) is 63.6. The molecule has 0 spiro atoms. The van der Waals surface area contributed by atoms with Crippen LogP contribution in [0.15, 0.2) is 164 Å². The maximum atomic E-state index is 13.6. The Hall–Kier alpha value is -10.4. The lowest BCUT2D eigenvalue weighted by molar-refractivity contribution is -0.155. The standard InChI is InChI=1S/C23H23Cl2N3O7.C21H18Cl2N2O3.C19H13Cl2F3N2O3.C19H16Cl2N2O4.2H2S/c1-28-16-9-18(35-11-19(31)26-6-7-29)21(25)20(24)14(16)8-17(28)22(32)27-15(10-30)12-2-4-13(5-3-12)23(33)34;1-25-16-9-8-15(22)18(23)14(16)10-17(25)20(26)24-19(11-2-3-11)12-4-6-13(7-5-12)21(27)28;1-26-13-7-6-12(20)15(21)11(13)8-14(26)17(27)25-16(19(22,23)24)9-2-4-10(5-3-9)18(28)29;1-23-15-7-6-13(20)17(21)12(15)8-16(23)18(25)22-14(9-24)10-2-4-11(5-3-10)19(26)27;;/h2-5,8-9,15,29-30H,6-7,10-11H2,1H3,(H,26,31)(H,27,32)(H,33,34);4-11,19H,2-3H2,1H3,(H,24,26)(H,27,28);2-8,16H,1H3,(H,25,27)(H,28,29);2-8,14,24H,9H2,1H3,(H,22,25)(H,26,27);2*1H2/t15-;;;14-;;/m1..1../s1. The zero-order chi connectivity index (χ0) is 86.9. The molecule has 4 heterocycles. The van der Waals surface area contributed by atoms with E-state index in [0.29, 0.717) is 75.7 Å². The molecule has 1 saturated carbocycles. The van der Waals surface area contributed by atoms with Crippen LogP contribution in [0.5, 0.6) is 5.75 Å². The van der Waals surface area contributed by atoms with Gasteiger partial charge >= 0.3 is 30.1 Å². The number of benzene rings is 8. The van der Waals surface area contributed by atoms with E-state index in [1.165, 1.54) is 60.1 Å². The first-order valence-electron chi connectivity index (χ1n) is 35.5. The highest BCUT2D eigenvalue weighted by Crippen LogP contribution is 2.44. The summed E-state index contributed by atoms with van der Waals surface area (Å²) < 4.78 is 52.7. The number of aliphatic hydroxyl groups is 3. The molecule has 4 atom stereocenters. The van der Waals surface area contributed by atoms with Crippen LogP contribution < -0.4 is 31.3 Å². The number of halogens is 11. The van der Waals surface area contributed by atoms with Crippen LogP contribution in [0.3, 0.4) is 0 Å². The molecule has 0 bridgehead atoms. The third-order valence-corrected chi connectivity index (χ3v) is 22.7. The second-order valence-electron chi connectivity index (χ2n) is 26.9. The first kappa shape index (κ1) is 96.1. The van der Waals surface area contributed by atoms with Gasteiger partial charge in [0, 0.05) is 78.9 Å². The van der Waals surface area contributed by atoms with Crippen molar-refractivity contribution >= 4 is 217 Å². The van der Waals surface area contributed by atoms with Crippen molar-refractivity contribution in [1.82, 2.24) is 44.9 Å². The van der Waals surface area contributed by atoms with Gasteiger partial charge in [0.1, 0.15) is 33.5 Å². The Morgan fingerprint density at radius 2 is 0.727 bits per heavy atom. The summed E-state index contributed by atoms with van der Waals surface area (Å²) in [6.07, 6.45) is -2.74. The Morgan fingerprint density at radius 3 is 1.05 bits per heavy atom. The number of aromatic carboxylic acids is 4. The maximum Gasteiger partial charge on any atom is 0.412 e. The van der Waals surface area contributed by atoms with E-state index in [9.17, 15) is 66.5 Å². The van der Waals surface area contributed by atoms with E-state index < -0.39 is 78.4 Å². The Morgan fingerprint density at radius 1 is 0.413 bits per heavy atom. The van der Waals surface area contributed by atoms with Gasteiger partial charge in [-0.2, -0.15) is 40.2 Å². The lowest BCUT2D eigenvalue weighted by Gasteiger charge is -2.22. The molecular formula is C82H74Cl8F3N9O17S2. The Kier molecular flexibility index (Phi) is 32.9. The molecule has 26 nitrogen and oxygen atoms in total. The number of carbonyl (C=O) groups is 9. The second-order valence-corrected chi connectivity index (χ2v) is 30.0. The predicted octanol–water partition coefficient (Wildman–Crippen LogP) is 16.3. The van der Waals surface area contributed by atoms with E-state index in [0.717, 1.165) is 59.1 Å². The fourth-order valence-corrected chi connectivity index (χ4v) is 14.4. The molecule has 2 unspecified atom stereocenters. The number of hydrogen-bond donors (Lipinski definition) is 12. The third-order valence-electron chi connectivity index (χ3n) is 19.3. The molecular weight excluding hydrogens is 1790 g/mol. The van der Waals surface area contributed by atoms with E-state index in [4.69, 9.17) is 123 Å². The predicted molar refractivity (Wildman–Crippen MR) is 465 cm³/mol. The monoisotopic (exact) mass is 1860 g/mol. The van der Waals surface area contributed by atoms with Crippen molar-refractivity contribution in [2.24, 2.45) is 34.1 Å². The van der Waals surface area contributed by atoms with Gasteiger partial charge in [0.25, 0.3) is 29.5 Å². The van der Waals surface area contributed by atoms with Gasteiger partial charge in [0.05, 0.1) is 101 Å². The molecule has 12 aromatic rings. The molecule has 0 radical (unpaired) electrons. The number of aliphatic hydroxyl groups excluding tert-OH is 3. The van der Waals surface area contributed by atoms with Gasteiger partial charge in [-0.3, -0.25) is 24.0 Å². The normalized spacial score (nSPS) is 12.6. The van der Waals surface area contributed by atoms with Crippen molar-refractivity contribution < 1.29 is 96.8 Å². The molecule has 638 valence electrons. The number of aromatic nitrogens is 4. The number of amides is 5. The van der Waals surface area contributed by atoms with Crippen molar-refractivity contribution in [2.75, 3.05) is 33.0 Å². The number of nitrogens with one attached hydrogen (secondary N) is 5. The number of ether oxygens (including phenoxy) is 1. The van der Waals surface area contributed by atoms with E-state index in [1.807, 2.05) is 18.4 Å². The van der Waals surface area contributed by atoms with Gasteiger partial charge < -0.3 is 85.3 Å². The minimum absolute atomic E-state index is 0. The summed E-state index contributed by atoms with van der Waals surface area (Å²) in [6.45, 7) is -1.22. The molecule has 5 amide bonds. The van der Waals surface area contributed by atoms with Crippen molar-refractivity contribution in [3.63, 3.8) is 0 Å². The lowest BCUT2D eigenvalue weighted by Crippen LogP contribution is -2.38. The van der Waals surface area contributed by atoms with Crippen LogP contribution in [0.25, 0.3) is 43.6 Å². The third kappa shape index (κ3) is 22.3. The topological polar surface area (TPSA) is 384 Å². The minimum atomic E-state index is -4.80. The smallest absolute Gasteiger partial charge is 0.412 e. The number of aryl methyl sites for hydroxylation is 4. The molecule has 1 fully saturated rings. The highest BCUT2D eigenvalue weighted by atomic mass is 35.5.